The molecule has 0 aliphatic heterocycles. The monoisotopic (exact) mass is 358 g/mol. The minimum atomic E-state index is -3.82. The van der Waals surface area contributed by atoms with Gasteiger partial charge in [0.25, 0.3) is 5.91 Å². The summed E-state index contributed by atoms with van der Waals surface area (Å²) in [6.07, 6.45) is 0. The lowest BCUT2D eigenvalue weighted by Gasteiger charge is -2.19. The summed E-state index contributed by atoms with van der Waals surface area (Å²) in [7, 11) is 0.221. The SMILES string of the molecule is COc1ccc(C(=O)N[C@H](C(=O)O)C(C)C)cc1S(=O)(=O)N(C)C. The number of hydrogen-bond acceptors (Lipinski definition) is 5. The maximum absolute atomic E-state index is 12.3. The van der Waals surface area contributed by atoms with Gasteiger partial charge < -0.3 is 15.2 Å². The Balaban J connectivity index is 3.28. The minimum Gasteiger partial charge on any atom is -0.495 e. The normalized spacial score (nSPS) is 13.0. The van der Waals surface area contributed by atoms with Crippen molar-refractivity contribution in [1.29, 1.82) is 0 Å². The van der Waals surface area contributed by atoms with Gasteiger partial charge in [-0.1, -0.05) is 13.8 Å². The number of methoxy groups -OCH3 is 1. The van der Waals surface area contributed by atoms with Crippen LogP contribution in [-0.4, -0.2) is 57.0 Å². The van der Waals surface area contributed by atoms with Crippen LogP contribution in [0.2, 0.25) is 0 Å². The summed E-state index contributed by atoms with van der Waals surface area (Å²) in [5.74, 6) is -2.06. The van der Waals surface area contributed by atoms with E-state index < -0.39 is 27.9 Å². The van der Waals surface area contributed by atoms with Crippen LogP contribution in [-0.2, 0) is 14.8 Å². The summed E-state index contributed by atoms with van der Waals surface area (Å²) < 4.78 is 30.7. The summed E-state index contributed by atoms with van der Waals surface area (Å²) in [4.78, 5) is 23.3. The summed E-state index contributed by atoms with van der Waals surface area (Å²) in [5, 5.41) is 11.5. The third-order valence-electron chi connectivity index (χ3n) is 3.40. The van der Waals surface area contributed by atoms with E-state index in [-0.39, 0.29) is 22.1 Å². The summed E-state index contributed by atoms with van der Waals surface area (Å²) in [6.45, 7) is 3.32. The minimum absolute atomic E-state index is 0.0307. The summed E-state index contributed by atoms with van der Waals surface area (Å²) >= 11 is 0. The molecule has 24 heavy (non-hydrogen) atoms. The molecule has 0 fully saturated rings. The molecule has 1 rings (SSSR count). The molecule has 8 nitrogen and oxygen atoms in total. The van der Waals surface area contributed by atoms with E-state index in [4.69, 9.17) is 9.84 Å². The van der Waals surface area contributed by atoms with Crippen LogP contribution in [0, 0.1) is 5.92 Å². The highest BCUT2D eigenvalue weighted by Crippen LogP contribution is 2.27. The molecule has 1 aromatic carbocycles. The number of carboxylic acids is 1. The number of amides is 1. The molecule has 0 aliphatic rings. The van der Waals surface area contributed by atoms with E-state index in [0.29, 0.717) is 0 Å². The molecular formula is C15H22N2O6S. The molecule has 1 aromatic rings. The second-order valence-electron chi connectivity index (χ2n) is 5.69. The fraction of sp³-hybridized carbons (Fsp3) is 0.467. The van der Waals surface area contributed by atoms with Crippen LogP contribution < -0.4 is 10.1 Å². The first kappa shape index (κ1) is 19.9. The van der Waals surface area contributed by atoms with Gasteiger partial charge in [0.1, 0.15) is 16.7 Å². The van der Waals surface area contributed by atoms with Crippen molar-refractivity contribution < 1.29 is 27.9 Å². The van der Waals surface area contributed by atoms with Gasteiger partial charge in [0, 0.05) is 19.7 Å². The highest BCUT2D eigenvalue weighted by molar-refractivity contribution is 7.89. The quantitative estimate of drug-likeness (QED) is 0.745. The van der Waals surface area contributed by atoms with Gasteiger partial charge in [-0.3, -0.25) is 4.79 Å². The lowest BCUT2D eigenvalue weighted by molar-refractivity contribution is -0.140. The van der Waals surface area contributed by atoms with Gasteiger partial charge in [0.2, 0.25) is 10.0 Å². The number of sulfonamides is 1. The first-order valence-electron chi connectivity index (χ1n) is 7.16. The molecule has 0 radical (unpaired) electrons. The van der Waals surface area contributed by atoms with Gasteiger partial charge in [-0.05, 0) is 24.1 Å². The Hall–Kier alpha value is -2.13. The Kier molecular flexibility index (Phi) is 6.33. The fourth-order valence-electron chi connectivity index (χ4n) is 1.95. The standard InChI is InChI=1S/C15H22N2O6S/c1-9(2)13(15(19)20)16-14(18)10-6-7-11(23-5)12(8-10)24(21,22)17(3)4/h6-9,13H,1-5H3,(H,16,18)(H,19,20)/t13-/m0/s1. The Bertz CT molecular complexity index is 727. The number of rotatable bonds is 7. The van der Waals surface area contributed by atoms with Crippen LogP contribution in [0.15, 0.2) is 23.1 Å². The van der Waals surface area contributed by atoms with Gasteiger partial charge in [-0.2, -0.15) is 0 Å². The second kappa shape index (κ2) is 7.63. The summed E-state index contributed by atoms with van der Waals surface area (Å²) in [5.41, 5.74) is 0.0307. The molecule has 0 unspecified atom stereocenters. The zero-order valence-electron chi connectivity index (χ0n) is 14.2. The zero-order chi connectivity index (χ0) is 18.7. The number of carbonyl (C=O) groups excluding carboxylic acids is 1. The third-order valence-corrected chi connectivity index (χ3v) is 5.24. The van der Waals surface area contributed by atoms with Gasteiger partial charge in [0.05, 0.1) is 7.11 Å². The highest BCUT2D eigenvalue weighted by atomic mass is 32.2. The van der Waals surface area contributed by atoms with Crippen molar-refractivity contribution >= 4 is 21.9 Å². The molecule has 0 aliphatic carbocycles. The van der Waals surface area contributed by atoms with E-state index in [1.807, 2.05) is 0 Å². The molecule has 0 aromatic heterocycles. The highest BCUT2D eigenvalue weighted by Gasteiger charge is 2.27. The molecule has 0 saturated carbocycles. The topological polar surface area (TPSA) is 113 Å². The van der Waals surface area contributed by atoms with Crippen molar-refractivity contribution in [2.45, 2.75) is 24.8 Å². The van der Waals surface area contributed by atoms with E-state index in [1.165, 1.54) is 39.4 Å². The van der Waals surface area contributed by atoms with E-state index in [0.717, 1.165) is 4.31 Å². The van der Waals surface area contributed by atoms with Crippen molar-refractivity contribution in [3.63, 3.8) is 0 Å². The molecule has 1 amide bonds. The molecule has 0 heterocycles. The molecule has 134 valence electrons. The number of aliphatic carboxylic acids is 1. The average Bonchev–Trinajstić information content (AvgIpc) is 2.50. The number of carboxylic acid groups (broad SMARTS) is 1. The largest absolute Gasteiger partial charge is 0.495 e. The van der Waals surface area contributed by atoms with Crippen molar-refractivity contribution in [3.05, 3.63) is 23.8 Å². The van der Waals surface area contributed by atoms with Gasteiger partial charge >= 0.3 is 5.97 Å². The maximum atomic E-state index is 12.3. The van der Waals surface area contributed by atoms with Crippen LogP contribution in [0.1, 0.15) is 24.2 Å². The van der Waals surface area contributed by atoms with Crippen molar-refractivity contribution in [2.24, 2.45) is 5.92 Å². The molecule has 0 bridgehead atoms. The number of carbonyl (C=O) groups is 2. The predicted molar refractivity (Wildman–Crippen MR) is 87.6 cm³/mol. The van der Waals surface area contributed by atoms with Crippen LogP contribution in [0.5, 0.6) is 5.75 Å². The lowest BCUT2D eigenvalue weighted by atomic mass is 10.0. The van der Waals surface area contributed by atoms with E-state index in [2.05, 4.69) is 5.32 Å². The molecular weight excluding hydrogens is 336 g/mol. The Morgan fingerprint density at radius 1 is 1.25 bits per heavy atom. The predicted octanol–water partition coefficient (Wildman–Crippen LogP) is 0.784. The van der Waals surface area contributed by atoms with Crippen LogP contribution in [0.4, 0.5) is 0 Å². The average molecular weight is 358 g/mol. The number of ether oxygens (including phenoxy) is 1. The van der Waals surface area contributed by atoms with Gasteiger partial charge in [-0.15, -0.1) is 0 Å². The molecule has 1 atom stereocenters. The maximum Gasteiger partial charge on any atom is 0.326 e. The number of nitrogens with one attached hydrogen (secondary N) is 1. The van der Waals surface area contributed by atoms with E-state index in [1.54, 1.807) is 13.8 Å². The van der Waals surface area contributed by atoms with Crippen LogP contribution >= 0.6 is 0 Å². The van der Waals surface area contributed by atoms with Crippen molar-refractivity contribution in [2.75, 3.05) is 21.2 Å². The number of nitrogens with zero attached hydrogens (tertiary/aromatic N) is 1. The Morgan fingerprint density at radius 3 is 2.25 bits per heavy atom. The Morgan fingerprint density at radius 2 is 1.83 bits per heavy atom. The lowest BCUT2D eigenvalue weighted by Crippen LogP contribution is -2.44. The summed E-state index contributed by atoms with van der Waals surface area (Å²) in [6, 6.07) is 2.83. The molecule has 2 N–H and O–H groups in total. The zero-order valence-corrected chi connectivity index (χ0v) is 15.0. The molecule has 0 spiro atoms. The molecule has 9 heteroatoms. The van der Waals surface area contributed by atoms with Gasteiger partial charge in [-0.25, -0.2) is 17.5 Å². The molecule has 0 saturated heterocycles. The number of hydrogen-bond donors (Lipinski definition) is 2. The second-order valence-corrected chi connectivity index (χ2v) is 7.81. The van der Waals surface area contributed by atoms with Crippen molar-refractivity contribution in [1.82, 2.24) is 9.62 Å². The first-order valence-corrected chi connectivity index (χ1v) is 8.60. The van der Waals surface area contributed by atoms with Crippen molar-refractivity contribution in [3.8, 4) is 5.75 Å². The van der Waals surface area contributed by atoms with Crippen LogP contribution in [0.25, 0.3) is 0 Å². The van der Waals surface area contributed by atoms with E-state index in [9.17, 15) is 18.0 Å². The smallest absolute Gasteiger partial charge is 0.326 e. The third kappa shape index (κ3) is 4.24. The fourth-order valence-corrected chi connectivity index (χ4v) is 3.03. The van der Waals surface area contributed by atoms with E-state index >= 15 is 0 Å². The number of benzene rings is 1. The Labute approximate surface area is 141 Å². The first-order chi connectivity index (χ1) is 11.0. The van der Waals surface area contributed by atoms with Crippen LogP contribution in [0.3, 0.4) is 0 Å². The van der Waals surface area contributed by atoms with Gasteiger partial charge in [0.15, 0.2) is 0 Å².